The maximum atomic E-state index is 10.7. The number of carboxylic acid groups (broad SMARTS) is 1. The summed E-state index contributed by atoms with van der Waals surface area (Å²) in [5, 5.41) is 11.3. The second-order valence-corrected chi connectivity index (χ2v) is 5.29. The average molecular weight is 307 g/mol. The number of thiazole rings is 1. The lowest BCUT2D eigenvalue weighted by Crippen LogP contribution is -2.00. The fourth-order valence-electron chi connectivity index (χ4n) is 1.81. The molecule has 0 fully saturated rings. The Balaban J connectivity index is 2.23. The van der Waals surface area contributed by atoms with Crippen molar-refractivity contribution in [3.63, 3.8) is 0 Å². The van der Waals surface area contributed by atoms with Gasteiger partial charge in [-0.05, 0) is 24.6 Å². The van der Waals surface area contributed by atoms with Crippen LogP contribution in [0.3, 0.4) is 0 Å². The third-order valence-corrected chi connectivity index (χ3v) is 3.70. The fourth-order valence-corrected chi connectivity index (χ4v) is 2.62. The predicted octanol–water partition coefficient (Wildman–Crippen LogP) is 3.23. The van der Waals surface area contributed by atoms with Crippen molar-refractivity contribution < 1.29 is 19.4 Å². The molecule has 0 spiro atoms. The van der Waals surface area contributed by atoms with Gasteiger partial charge in [-0.1, -0.05) is 6.92 Å². The number of aromatic nitrogens is 1. The first-order valence-electron chi connectivity index (χ1n) is 6.61. The summed E-state index contributed by atoms with van der Waals surface area (Å²) >= 11 is 1.42. The van der Waals surface area contributed by atoms with Crippen LogP contribution >= 0.6 is 11.3 Å². The van der Waals surface area contributed by atoms with E-state index in [4.69, 9.17) is 14.6 Å². The minimum absolute atomic E-state index is 0.0642. The van der Waals surface area contributed by atoms with Crippen molar-refractivity contribution in [3.05, 3.63) is 29.3 Å². The van der Waals surface area contributed by atoms with Crippen LogP contribution < -0.4 is 9.47 Å². The Bertz CT molecular complexity index is 624. The molecule has 21 heavy (non-hydrogen) atoms. The lowest BCUT2D eigenvalue weighted by Gasteiger charge is -2.10. The van der Waals surface area contributed by atoms with Gasteiger partial charge in [0.2, 0.25) is 0 Å². The van der Waals surface area contributed by atoms with Crippen LogP contribution in [0.2, 0.25) is 0 Å². The number of carboxylic acids is 1. The third kappa shape index (κ3) is 3.95. The topological polar surface area (TPSA) is 68.7 Å². The van der Waals surface area contributed by atoms with Gasteiger partial charge in [0.25, 0.3) is 0 Å². The number of hydrogen-bond acceptors (Lipinski definition) is 5. The van der Waals surface area contributed by atoms with Crippen molar-refractivity contribution >= 4 is 17.3 Å². The van der Waals surface area contributed by atoms with E-state index in [9.17, 15) is 4.79 Å². The summed E-state index contributed by atoms with van der Waals surface area (Å²) < 4.78 is 10.9. The van der Waals surface area contributed by atoms with Gasteiger partial charge in [0.05, 0.1) is 25.8 Å². The van der Waals surface area contributed by atoms with E-state index < -0.39 is 5.97 Å². The maximum Gasteiger partial charge on any atom is 0.309 e. The molecule has 6 heteroatoms. The van der Waals surface area contributed by atoms with Crippen molar-refractivity contribution in [3.8, 4) is 22.1 Å². The number of carbonyl (C=O) groups is 1. The van der Waals surface area contributed by atoms with Gasteiger partial charge in [0.1, 0.15) is 5.01 Å². The van der Waals surface area contributed by atoms with Crippen molar-refractivity contribution in [2.75, 3.05) is 13.7 Å². The molecule has 1 aromatic carbocycles. The molecule has 0 amide bonds. The Kier molecular flexibility index (Phi) is 5.16. The summed E-state index contributed by atoms with van der Waals surface area (Å²) in [6, 6.07) is 5.60. The first kappa shape index (κ1) is 15.3. The number of benzene rings is 1. The van der Waals surface area contributed by atoms with Crippen LogP contribution in [0.15, 0.2) is 23.6 Å². The number of nitrogens with zero attached hydrogens (tertiary/aromatic N) is 1. The highest BCUT2D eigenvalue weighted by Gasteiger charge is 2.11. The molecule has 1 heterocycles. The molecule has 0 aliphatic carbocycles. The van der Waals surface area contributed by atoms with Gasteiger partial charge in [-0.15, -0.1) is 11.3 Å². The SMILES string of the molecule is CCCOc1ccc(-c2nc(CC(=O)O)cs2)cc1OC. The van der Waals surface area contributed by atoms with E-state index in [1.54, 1.807) is 12.5 Å². The van der Waals surface area contributed by atoms with Gasteiger partial charge in [0, 0.05) is 10.9 Å². The number of rotatable bonds is 7. The second kappa shape index (κ2) is 7.08. The van der Waals surface area contributed by atoms with E-state index >= 15 is 0 Å². The number of hydrogen-bond donors (Lipinski definition) is 1. The standard InChI is InChI=1S/C15H17NO4S/c1-3-6-20-12-5-4-10(7-13(12)19-2)15-16-11(9-21-15)8-14(17)18/h4-5,7,9H,3,6,8H2,1-2H3,(H,17,18). The first-order valence-corrected chi connectivity index (χ1v) is 7.49. The zero-order valence-corrected chi connectivity index (χ0v) is 12.8. The smallest absolute Gasteiger partial charge is 0.309 e. The fraction of sp³-hybridized carbons (Fsp3) is 0.333. The Hall–Kier alpha value is -2.08. The van der Waals surface area contributed by atoms with E-state index in [0.29, 0.717) is 23.8 Å². The molecular weight excluding hydrogens is 290 g/mol. The lowest BCUT2D eigenvalue weighted by atomic mass is 10.2. The van der Waals surface area contributed by atoms with Crippen LogP contribution in [0.25, 0.3) is 10.6 Å². The van der Waals surface area contributed by atoms with Gasteiger partial charge in [-0.3, -0.25) is 4.79 Å². The van der Waals surface area contributed by atoms with Gasteiger partial charge in [-0.25, -0.2) is 4.98 Å². The highest BCUT2D eigenvalue weighted by Crippen LogP contribution is 2.33. The summed E-state index contributed by atoms with van der Waals surface area (Å²) in [5.41, 5.74) is 1.45. The molecule has 0 atom stereocenters. The maximum absolute atomic E-state index is 10.7. The summed E-state index contributed by atoms with van der Waals surface area (Å²) in [7, 11) is 1.59. The van der Waals surface area contributed by atoms with E-state index in [1.165, 1.54) is 11.3 Å². The minimum atomic E-state index is -0.882. The van der Waals surface area contributed by atoms with Gasteiger partial charge >= 0.3 is 5.97 Å². The van der Waals surface area contributed by atoms with Crippen molar-refractivity contribution in [1.29, 1.82) is 0 Å². The van der Waals surface area contributed by atoms with Crippen LogP contribution in [0.5, 0.6) is 11.5 Å². The van der Waals surface area contributed by atoms with E-state index in [-0.39, 0.29) is 6.42 Å². The van der Waals surface area contributed by atoms with Gasteiger partial charge in [0.15, 0.2) is 11.5 Å². The van der Waals surface area contributed by atoms with Crippen LogP contribution in [-0.2, 0) is 11.2 Å². The number of aliphatic carboxylic acids is 1. The molecule has 0 unspecified atom stereocenters. The van der Waals surface area contributed by atoms with Crippen LogP contribution in [0.4, 0.5) is 0 Å². The molecule has 0 saturated carbocycles. The Morgan fingerprint density at radius 1 is 1.38 bits per heavy atom. The minimum Gasteiger partial charge on any atom is -0.493 e. The highest BCUT2D eigenvalue weighted by molar-refractivity contribution is 7.13. The van der Waals surface area contributed by atoms with Gasteiger partial charge in [-0.2, -0.15) is 0 Å². The molecule has 2 aromatic rings. The van der Waals surface area contributed by atoms with Crippen molar-refractivity contribution in [2.24, 2.45) is 0 Å². The molecule has 0 bridgehead atoms. The van der Waals surface area contributed by atoms with E-state index in [0.717, 1.165) is 17.0 Å². The molecular formula is C15H17NO4S. The van der Waals surface area contributed by atoms with Crippen LogP contribution in [-0.4, -0.2) is 29.8 Å². The summed E-state index contributed by atoms with van der Waals surface area (Å²) in [5.74, 6) is 0.467. The van der Waals surface area contributed by atoms with Crippen LogP contribution in [0, 0.1) is 0 Å². The molecule has 112 valence electrons. The molecule has 0 saturated heterocycles. The van der Waals surface area contributed by atoms with Crippen molar-refractivity contribution in [1.82, 2.24) is 4.98 Å². The summed E-state index contributed by atoms with van der Waals surface area (Å²) in [4.78, 5) is 15.0. The summed E-state index contributed by atoms with van der Waals surface area (Å²) in [6.07, 6.45) is 0.862. The molecule has 1 N–H and O–H groups in total. The normalized spacial score (nSPS) is 10.4. The predicted molar refractivity (Wildman–Crippen MR) is 81.2 cm³/mol. The third-order valence-electron chi connectivity index (χ3n) is 2.76. The first-order chi connectivity index (χ1) is 10.1. The molecule has 0 radical (unpaired) electrons. The molecule has 2 rings (SSSR count). The van der Waals surface area contributed by atoms with E-state index in [2.05, 4.69) is 4.98 Å². The Morgan fingerprint density at radius 2 is 2.19 bits per heavy atom. The van der Waals surface area contributed by atoms with Crippen molar-refractivity contribution in [2.45, 2.75) is 19.8 Å². The van der Waals surface area contributed by atoms with E-state index in [1.807, 2.05) is 25.1 Å². The summed E-state index contributed by atoms with van der Waals surface area (Å²) in [6.45, 7) is 2.68. The average Bonchev–Trinajstić information content (AvgIpc) is 2.92. The quantitative estimate of drug-likeness (QED) is 0.850. The Labute approximate surface area is 127 Å². The van der Waals surface area contributed by atoms with Gasteiger partial charge < -0.3 is 14.6 Å². The zero-order chi connectivity index (χ0) is 15.2. The van der Waals surface area contributed by atoms with Crippen LogP contribution in [0.1, 0.15) is 19.0 Å². The molecule has 0 aliphatic rings. The molecule has 5 nitrogen and oxygen atoms in total. The molecule has 1 aromatic heterocycles. The number of ether oxygens (including phenoxy) is 2. The Morgan fingerprint density at radius 3 is 2.86 bits per heavy atom. The second-order valence-electron chi connectivity index (χ2n) is 4.43. The number of methoxy groups -OCH3 is 1. The highest BCUT2D eigenvalue weighted by atomic mass is 32.1. The zero-order valence-electron chi connectivity index (χ0n) is 12.0. The largest absolute Gasteiger partial charge is 0.493 e. The molecule has 0 aliphatic heterocycles. The monoisotopic (exact) mass is 307 g/mol. The lowest BCUT2D eigenvalue weighted by molar-refractivity contribution is -0.136.